The third-order valence-corrected chi connectivity index (χ3v) is 3.52. The zero-order chi connectivity index (χ0) is 14.7. The summed E-state index contributed by atoms with van der Waals surface area (Å²) < 4.78 is 3.81. The van der Waals surface area contributed by atoms with Crippen LogP contribution >= 0.6 is 0 Å². The fourth-order valence-corrected chi connectivity index (χ4v) is 2.47. The van der Waals surface area contributed by atoms with E-state index in [1.54, 1.807) is 6.20 Å². The molecule has 1 aromatic carbocycles. The van der Waals surface area contributed by atoms with Gasteiger partial charge in [-0.2, -0.15) is 10.2 Å². The summed E-state index contributed by atoms with van der Waals surface area (Å²) in [5.74, 6) is 0. The second-order valence-electron chi connectivity index (χ2n) is 5.15. The van der Waals surface area contributed by atoms with Gasteiger partial charge in [-0.1, -0.05) is 12.1 Å². The molecule has 2 aromatic heterocycles. The Morgan fingerprint density at radius 1 is 1.14 bits per heavy atom. The molecule has 1 N–H and O–H groups in total. The number of hydrogen-bond acceptors (Lipinski definition) is 3. The van der Waals surface area contributed by atoms with Crippen LogP contribution in [0.15, 0.2) is 55.0 Å². The highest BCUT2D eigenvalue weighted by atomic mass is 15.3. The number of nitrogens with zero attached hydrogens (tertiary/aromatic N) is 4. The molecule has 0 bridgehead atoms. The summed E-state index contributed by atoms with van der Waals surface area (Å²) in [6.07, 6.45) is 5.59. The molecular formula is C16H19N5. The third-order valence-electron chi connectivity index (χ3n) is 3.52. The summed E-state index contributed by atoms with van der Waals surface area (Å²) in [5, 5.41) is 12.0. The highest BCUT2D eigenvalue weighted by molar-refractivity contribution is 5.47. The molecule has 0 fully saturated rings. The maximum atomic E-state index is 4.24. The van der Waals surface area contributed by atoms with Gasteiger partial charge in [0.2, 0.25) is 0 Å². The number of rotatable bonds is 5. The van der Waals surface area contributed by atoms with E-state index in [0.29, 0.717) is 0 Å². The second kappa shape index (κ2) is 5.83. The zero-order valence-corrected chi connectivity index (χ0v) is 12.3. The van der Waals surface area contributed by atoms with Gasteiger partial charge in [-0.25, -0.2) is 0 Å². The van der Waals surface area contributed by atoms with Crippen molar-refractivity contribution < 1.29 is 0 Å². The maximum absolute atomic E-state index is 4.24. The average Bonchev–Trinajstić information content (AvgIpc) is 3.10. The first-order valence-electron chi connectivity index (χ1n) is 7.03. The Morgan fingerprint density at radius 3 is 2.76 bits per heavy atom. The van der Waals surface area contributed by atoms with Gasteiger partial charge >= 0.3 is 0 Å². The number of anilines is 1. The lowest BCUT2D eigenvalue weighted by atomic mass is 10.1. The van der Waals surface area contributed by atoms with Crippen LogP contribution in [0.3, 0.4) is 0 Å². The van der Waals surface area contributed by atoms with Crippen LogP contribution in [-0.4, -0.2) is 19.6 Å². The van der Waals surface area contributed by atoms with Crippen LogP contribution in [0, 0.1) is 0 Å². The first kappa shape index (κ1) is 13.4. The molecule has 108 valence electrons. The molecule has 0 saturated carbocycles. The van der Waals surface area contributed by atoms with Gasteiger partial charge in [0, 0.05) is 31.3 Å². The summed E-state index contributed by atoms with van der Waals surface area (Å²) in [7, 11) is 1.96. The second-order valence-corrected chi connectivity index (χ2v) is 5.15. The van der Waals surface area contributed by atoms with Crippen LogP contribution in [0.5, 0.6) is 0 Å². The molecule has 0 radical (unpaired) electrons. The van der Waals surface area contributed by atoms with Crippen LogP contribution in [0.2, 0.25) is 0 Å². The van der Waals surface area contributed by atoms with Gasteiger partial charge < -0.3 is 5.32 Å². The fraction of sp³-hybridized carbons (Fsp3) is 0.250. The van der Waals surface area contributed by atoms with Crippen molar-refractivity contribution in [3.63, 3.8) is 0 Å². The zero-order valence-electron chi connectivity index (χ0n) is 12.3. The minimum atomic E-state index is 0.206. The predicted octanol–water partition coefficient (Wildman–Crippen LogP) is 2.84. The molecule has 0 aliphatic carbocycles. The SMILES string of the molecule is CC(Nc1cccc(Cn2cccn2)c1)c1ccnn1C. The van der Waals surface area contributed by atoms with Crippen molar-refractivity contribution in [2.75, 3.05) is 5.32 Å². The Bertz CT molecular complexity index is 699. The van der Waals surface area contributed by atoms with E-state index in [1.807, 2.05) is 40.9 Å². The largest absolute Gasteiger partial charge is 0.377 e. The summed E-state index contributed by atoms with van der Waals surface area (Å²) in [6, 6.07) is 12.6. The number of aromatic nitrogens is 4. The average molecular weight is 281 g/mol. The molecular weight excluding hydrogens is 262 g/mol. The van der Waals surface area contributed by atoms with Crippen LogP contribution < -0.4 is 5.32 Å². The third kappa shape index (κ3) is 3.13. The van der Waals surface area contributed by atoms with Crippen molar-refractivity contribution in [3.8, 4) is 0 Å². The Labute approximate surface area is 124 Å². The summed E-state index contributed by atoms with van der Waals surface area (Å²) >= 11 is 0. The van der Waals surface area contributed by atoms with Crippen molar-refractivity contribution in [2.45, 2.75) is 19.5 Å². The van der Waals surface area contributed by atoms with Crippen LogP contribution in [-0.2, 0) is 13.6 Å². The smallest absolute Gasteiger partial charge is 0.0660 e. The Kier molecular flexibility index (Phi) is 3.73. The van der Waals surface area contributed by atoms with E-state index in [1.165, 1.54) is 5.56 Å². The van der Waals surface area contributed by atoms with Gasteiger partial charge in [0.15, 0.2) is 0 Å². The quantitative estimate of drug-likeness (QED) is 0.782. The van der Waals surface area contributed by atoms with Crippen molar-refractivity contribution >= 4 is 5.69 Å². The van der Waals surface area contributed by atoms with Crippen molar-refractivity contribution in [2.24, 2.45) is 7.05 Å². The van der Waals surface area contributed by atoms with E-state index >= 15 is 0 Å². The summed E-state index contributed by atoms with van der Waals surface area (Å²) in [6.45, 7) is 2.92. The molecule has 0 aliphatic heterocycles. The van der Waals surface area contributed by atoms with Gasteiger partial charge in [-0.3, -0.25) is 9.36 Å². The lowest BCUT2D eigenvalue weighted by Gasteiger charge is -2.16. The number of nitrogens with one attached hydrogen (secondary N) is 1. The Balaban J connectivity index is 1.72. The van der Waals surface area contributed by atoms with E-state index in [2.05, 4.69) is 46.7 Å². The highest BCUT2D eigenvalue weighted by Gasteiger charge is 2.09. The van der Waals surface area contributed by atoms with Crippen LogP contribution in [0.4, 0.5) is 5.69 Å². The Morgan fingerprint density at radius 2 is 2.05 bits per heavy atom. The molecule has 2 heterocycles. The standard InChI is InChI=1S/C16H19N5/c1-13(16-7-9-17-20(16)2)19-15-6-3-5-14(11-15)12-21-10-4-8-18-21/h3-11,13,19H,12H2,1-2H3. The van der Waals surface area contributed by atoms with Crippen molar-refractivity contribution in [1.82, 2.24) is 19.6 Å². The summed E-state index contributed by atoms with van der Waals surface area (Å²) in [4.78, 5) is 0. The van der Waals surface area contributed by atoms with E-state index < -0.39 is 0 Å². The molecule has 0 spiro atoms. The minimum absolute atomic E-state index is 0.206. The molecule has 3 aromatic rings. The number of benzene rings is 1. The number of hydrogen-bond donors (Lipinski definition) is 1. The predicted molar refractivity (Wildman–Crippen MR) is 83.0 cm³/mol. The molecule has 3 rings (SSSR count). The molecule has 21 heavy (non-hydrogen) atoms. The molecule has 1 atom stereocenters. The van der Waals surface area contributed by atoms with Crippen molar-refractivity contribution in [3.05, 3.63) is 66.2 Å². The van der Waals surface area contributed by atoms with Gasteiger partial charge in [0.1, 0.15) is 0 Å². The van der Waals surface area contributed by atoms with Gasteiger partial charge in [-0.05, 0) is 36.8 Å². The lowest BCUT2D eigenvalue weighted by Crippen LogP contribution is -2.11. The van der Waals surface area contributed by atoms with Gasteiger partial charge in [0.25, 0.3) is 0 Å². The maximum Gasteiger partial charge on any atom is 0.0660 e. The highest BCUT2D eigenvalue weighted by Crippen LogP contribution is 2.19. The molecule has 0 saturated heterocycles. The number of aryl methyl sites for hydroxylation is 1. The van der Waals surface area contributed by atoms with E-state index in [-0.39, 0.29) is 6.04 Å². The molecule has 5 nitrogen and oxygen atoms in total. The van der Waals surface area contributed by atoms with Gasteiger partial charge in [-0.15, -0.1) is 0 Å². The van der Waals surface area contributed by atoms with Crippen LogP contribution in [0.1, 0.15) is 24.2 Å². The van der Waals surface area contributed by atoms with E-state index in [4.69, 9.17) is 0 Å². The van der Waals surface area contributed by atoms with Crippen molar-refractivity contribution in [1.29, 1.82) is 0 Å². The molecule has 0 aliphatic rings. The fourth-order valence-electron chi connectivity index (χ4n) is 2.47. The molecule has 5 heteroatoms. The monoisotopic (exact) mass is 281 g/mol. The lowest BCUT2D eigenvalue weighted by molar-refractivity contribution is 0.674. The topological polar surface area (TPSA) is 47.7 Å². The molecule has 1 unspecified atom stereocenters. The normalized spacial score (nSPS) is 12.3. The van der Waals surface area contributed by atoms with Crippen LogP contribution in [0.25, 0.3) is 0 Å². The van der Waals surface area contributed by atoms with E-state index in [9.17, 15) is 0 Å². The first-order chi connectivity index (χ1) is 10.2. The Hall–Kier alpha value is -2.56. The summed E-state index contributed by atoms with van der Waals surface area (Å²) in [5.41, 5.74) is 3.49. The van der Waals surface area contributed by atoms with E-state index in [0.717, 1.165) is 17.9 Å². The minimum Gasteiger partial charge on any atom is -0.377 e. The van der Waals surface area contributed by atoms with Gasteiger partial charge in [0.05, 0.1) is 18.3 Å². The molecule has 0 amide bonds. The first-order valence-corrected chi connectivity index (χ1v) is 7.03.